The van der Waals surface area contributed by atoms with Crippen molar-refractivity contribution in [2.75, 3.05) is 11.9 Å². The van der Waals surface area contributed by atoms with Crippen molar-refractivity contribution in [3.8, 4) is 28.6 Å². The predicted octanol–water partition coefficient (Wildman–Crippen LogP) is 5.21. The van der Waals surface area contributed by atoms with Crippen LogP contribution >= 0.6 is 11.6 Å². The molecule has 0 aliphatic heterocycles. The number of amides is 1. The third-order valence-corrected chi connectivity index (χ3v) is 4.37. The summed E-state index contributed by atoms with van der Waals surface area (Å²) in [7, 11) is 0. The summed E-state index contributed by atoms with van der Waals surface area (Å²) in [6.07, 6.45) is 0. The van der Waals surface area contributed by atoms with Crippen LogP contribution in [0.25, 0.3) is 22.8 Å². The van der Waals surface area contributed by atoms with Crippen molar-refractivity contribution in [1.29, 1.82) is 0 Å². The Hall–Kier alpha value is -3.71. The number of aromatic nitrogens is 2. The molecular weight excluding hydrogens is 409 g/mol. The van der Waals surface area contributed by atoms with E-state index in [1.54, 1.807) is 24.3 Å². The van der Waals surface area contributed by atoms with Gasteiger partial charge in [0.25, 0.3) is 11.8 Å². The Morgan fingerprint density at radius 2 is 1.80 bits per heavy atom. The van der Waals surface area contributed by atoms with Crippen LogP contribution in [0.1, 0.15) is 0 Å². The molecule has 0 fully saturated rings. The maximum atomic E-state index is 13.7. The first-order valence-electron chi connectivity index (χ1n) is 8.96. The summed E-state index contributed by atoms with van der Waals surface area (Å²) in [5.41, 5.74) is 1.61. The zero-order valence-corrected chi connectivity index (χ0v) is 16.3. The minimum atomic E-state index is -0.616. The van der Waals surface area contributed by atoms with E-state index in [4.69, 9.17) is 20.9 Å². The monoisotopic (exact) mass is 423 g/mol. The number of rotatable bonds is 6. The third kappa shape index (κ3) is 4.64. The molecule has 1 N–H and O–H groups in total. The number of hydrogen-bond acceptors (Lipinski definition) is 5. The van der Waals surface area contributed by atoms with Crippen molar-refractivity contribution in [2.45, 2.75) is 0 Å². The molecule has 0 aliphatic carbocycles. The number of carbonyl (C=O) groups is 1. The van der Waals surface area contributed by atoms with Crippen LogP contribution in [0.3, 0.4) is 0 Å². The Bertz CT molecular complexity index is 1160. The van der Waals surface area contributed by atoms with Gasteiger partial charge in [-0.05, 0) is 42.5 Å². The fraction of sp³-hybridized carbons (Fsp3) is 0.0455. The van der Waals surface area contributed by atoms with Crippen LogP contribution in [-0.2, 0) is 4.79 Å². The predicted molar refractivity (Wildman–Crippen MR) is 111 cm³/mol. The summed E-state index contributed by atoms with van der Waals surface area (Å²) in [6, 6.07) is 20.3. The zero-order chi connectivity index (χ0) is 20.9. The largest absolute Gasteiger partial charge is 0.484 e. The first kappa shape index (κ1) is 19.6. The van der Waals surface area contributed by atoms with E-state index in [0.717, 1.165) is 11.6 Å². The molecule has 0 aliphatic rings. The highest BCUT2D eigenvalue weighted by Gasteiger charge is 2.11. The molecule has 0 atom stereocenters. The molecule has 0 saturated heterocycles. The Morgan fingerprint density at radius 1 is 1.03 bits per heavy atom. The molecule has 0 spiro atoms. The number of benzene rings is 3. The standard InChI is InChI=1S/C22H15ClFN3O3/c23-16-8-11-19(18(24)12-16)25-20(28)13-29-17-9-6-15(7-10-17)22-26-21(27-30-22)14-4-2-1-3-5-14/h1-12H,13H2,(H,25,28). The number of halogens is 2. The molecule has 30 heavy (non-hydrogen) atoms. The van der Waals surface area contributed by atoms with E-state index in [-0.39, 0.29) is 17.3 Å². The second-order valence-corrected chi connectivity index (χ2v) is 6.71. The van der Waals surface area contributed by atoms with E-state index >= 15 is 0 Å². The van der Waals surface area contributed by atoms with Crippen LogP contribution in [0.4, 0.5) is 10.1 Å². The van der Waals surface area contributed by atoms with Gasteiger partial charge in [-0.1, -0.05) is 47.1 Å². The molecule has 0 radical (unpaired) electrons. The van der Waals surface area contributed by atoms with E-state index < -0.39 is 11.7 Å². The van der Waals surface area contributed by atoms with E-state index in [1.165, 1.54) is 12.1 Å². The van der Waals surface area contributed by atoms with Crippen LogP contribution in [0.5, 0.6) is 5.75 Å². The number of nitrogens with zero attached hydrogens (tertiary/aromatic N) is 2. The normalized spacial score (nSPS) is 10.6. The van der Waals surface area contributed by atoms with Crippen molar-refractivity contribution >= 4 is 23.2 Å². The van der Waals surface area contributed by atoms with Crippen molar-refractivity contribution in [3.63, 3.8) is 0 Å². The lowest BCUT2D eigenvalue weighted by Crippen LogP contribution is -2.20. The fourth-order valence-corrected chi connectivity index (χ4v) is 2.82. The Kier molecular flexibility index (Phi) is 5.72. The van der Waals surface area contributed by atoms with Crippen LogP contribution < -0.4 is 10.1 Å². The summed E-state index contributed by atoms with van der Waals surface area (Å²) in [4.78, 5) is 16.4. The SMILES string of the molecule is O=C(COc1ccc(-c2nc(-c3ccccc3)no2)cc1)Nc1ccc(Cl)cc1F. The van der Waals surface area contributed by atoms with Gasteiger partial charge >= 0.3 is 0 Å². The van der Waals surface area contributed by atoms with Crippen molar-refractivity contribution in [1.82, 2.24) is 10.1 Å². The summed E-state index contributed by atoms with van der Waals surface area (Å²) in [5, 5.41) is 6.67. The number of nitrogens with one attached hydrogen (secondary N) is 1. The van der Waals surface area contributed by atoms with Crippen molar-refractivity contribution < 1.29 is 18.4 Å². The second-order valence-electron chi connectivity index (χ2n) is 6.27. The number of carbonyl (C=O) groups excluding carboxylic acids is 1. The highest BCUT2D eigenvalue weighted by Crippen LogP contribution is 2.24. The number of anilines is 1. The van der Waals surface area contributed by atoms with Gasteiger partial charge in [-0.15, -0.1) is 0 Å². The van der Waals surface area contributed by atoms with Crippen LogP contribution in [0, 0.1) is 5.82 Å². The minimum absolute atomic E-state index is 0.0361. The summed E-state index contributed by atoms with van der Waals surface area (Å²) >= 11 is 5.69. The molecule has 0 bridgehead atoms. The van der Waals surface area contributed by atoms with E-state index in [1.807, 2.05) is 30.3 Å². The van der Waals surface area contributed by atoms with Crippen molar-refractivity contribution in [2.24, 2.45) is 0 Å². The molecule has 4 aromatic rings. The van der Waals surface area contributed by atoms with E-state index in [9.17, 15) is 9.18 Å². The lowest BCUT2D eigenvalue weighted by Gasteiger charge is -2.08. The quantitative estimate of drug-likeness (QED) is 0.460. The first-order valence-corrected chi connectivity index (χ1v) is 9.33. The maximum Gasteiger partial charge on any atom is 0.262 e. The average Bonchev–Trinajstić information content (AvgIpc) is 3.26. The van der Waals surface area contributed by atoms with Gasteiger partial charge in [-0.3, -0.25) is 4.79 Å². The van der Waals surface area contributed by atoms with Crippen LogP contribution in [0.2, 0.25) is 5.02 Å². The molecule has 1 aromatic heterocycles. The average molecular weight is 424 g/mol. The van der Waals surface area contributed by atoms with Crippen LogP contribution in [0.15, 0.2) is 77.3 Å². The van der Waals surface area contributed by atoms with Gasteiger partial charge < -0.3 is 14.6 Å². The van der Waals surface area contributed by atoms with Gasteiger partial charge in [0, 0.05) is 16.1 Å². The van der Waals surface area contributed by atoms with Crippen LogP contribution in [-0.4, -0.2) is 22.7 Å². The molecule has 6 nitrogen and oxygen atoms in total. The Morgan fingerprint density at radius 3 is 2.53 bits per heavy atom. The number of hydrogen-bond donors (Lipinski definition) is 1. The fourth-order valence-electron chi connectivity index (χ4n) is 2.66. The van der Waals surface area contributed by atoms with E-state index in [2.05, 4.69) is 15.5 Å². The number of ether oxygens (including phenoxy) is 1. The molecule has 1 amide bonds. The summed E-state index contributed by atoms with van der Waals surface area (Å²) < 4.78 is 24.5. The van der Waals surface area contributed by atoms with Gasteiger partial charge in [0.1, 0.15) is 11.6 Å². The maximum absolute atomic E-state index is 13.7. The third-order valence-electron chi connectivity index (χ3n) is 4.13. The van der Waals surface area contributed by atoms with Gasteiger partial charge in [0.2, 0.25) is 5.82 Å². The van der Waals surface area contributed by atoms with Crippen molar-refractivity contribution in [3.05, 3.63) is 83.6 Å². The van der Waals surface area contributed by atoms with Gasteiger partial charge in [-0.2, -0.15) is 4.98 Å². The summed E-state index contributed by atoms with van der Waals surface area (Å²) in [6.45, 7) is -0.278. The molecule has 150 valence electrons. The smallest absolute Gasteiger partial charge is 0.262 e. The second kappa shape index (κ2) is 8.75. The Labute approximate surface area is 176 Å². The summed E-state index contributed by atoms with van der Waals surface area (Å²) in [5.74, 6) is 0.223. The molecular formula is C22H15ClFN3O3. The minimum Gasteiger partial charge on any atom is -0.484 e. The topological polar surface area (TPSA) is 77.2 Å². The highest BCUT2D eigenvalue weighted by atomic mass is 35.5. The van der Waals surface area contributed by atoms with E-state index in [0.29, 0.717) is 23.0 Å². The van der Waals surface area contributed by atoms with Gasteiger partial charge in [0.05, 0.1) is 5.69 Å². The highest BCUT2D eigenvalue weighted by molar-refractivity contribution is 6.30. The van der Waals surface area contributed by atoms with Gasteiger partial charge in [-0.25, -0.2) is 4.39 Å². The lowest BCUT2D eigenvalue weighted by atomic mass is 10.2. The van der Waals surface area contributed by atoms with Gasteiger partial charge in [0.15, 0.2) is 6.61 Å². The zero-order valence-electron chi connectivity index (χ0n) is 15.5. The molecule has 4 rings (SSSR count). The molecule has 0 saturated carbocycles. The first-order chi connectivity index (χ1) is 14.6. The molecule has 8 heteroatoms. The molecule has 0 unspecified atom stereocenters. The Balaban J connectivity index is 1.36. The molecule has 3 aromatic carbocycles. The lowest BCUT2D eigenvalue weighted by molar-refractivity contribution is -0.118. The molecule has 1 heterocycles.